The maximum atomic E-state index is 11.5. The van der Waals surface area contributed by atoms with E-state index in [9.17, 15) is 4.79 Å². The lowest BCUT2D eigenvalue weighted by molar-refractivity contribution is 0.244. The Kier molecular flexibility index (Phi) is 2.53. The lowest BCUT2D eigenvalue weighted by Crippen LogP contribution is -2.49. The summed E-state index contributed by atoms with van der Waals surface area (Å²) < 4.78 is 0. The maximum absolute atomic E-state index is 11.5. The minimum atomic E-state index is -0.683. The van der Waals surface area contributed by atoms with Crippen LogP contribution in [-0.2, 0) is 5.54 Å². The van der Waals surface area contributed by atoms with Gasteiger partial charge in [-0.15, -0.1) is 5.92 Å². The van der Waals surface area contributed by atoms with Crippen molar-refractivity contribution in [2.45, 2.75) is 19.4 Å². The van der Waals surface area contributed by atoms with Crippen LogP contribution < -0.4 is 10.6 Å². The summed E-state index contributed by atoms with van der Waals surface area (Å²) in [4.78, 5) is 11.5. The van der Waals surface area contributed by atoms with Crippen molar-refractivity contribution in [1.29, 1.82) is 0 Å². The van der Waals surface area contributed by atoms with Gasteiger partial charge in [0, 0.05) is 16.3 Å². The number of amides is 2. The van der Waals surface area contributed by atoms with Crippen molar-refractivity contribution in [3.8, 4) is 11.8 Å². The van der Waals surface area contributed by atoms with Gasteiger partial charge in [-0.05, 0) is 32.0 Å². The van der Waals surface area contributed by atoms with Gasteiger partial charge in [0.2, 0.25) is 0 Å². The van der Waals surface area contributed by atoms with Gasteiger partial charge in [-0.2, -0.15) is 0 Å². The summed E-state index contributed by atoms with van der Waals surface area (Å²) in [5.74, 6) is 5.82. The Morgan fingerprint density at radius 2 is 2.19 bits per heavy atom. The molecule has 1 aromatic carbocycles. The van der Waals surface area contributed by atoms with E-state index in [4.69, 9.17) is 11.6 Å². The van der Waals surface area contributed by atoms with Gasteiger partial charge >= 0.3 is 6.03 Å². The number of fused-ring (bicyclic) bond motifs is 1. The summed E-state index contributed by atoms with van der Waals surface area (Å²) in [6.45, 7) is 3.60. The van der Waals surface area contributed by atoms with Crippen LogP contribution in [0, 0.1) is 11.8 Å². The Morgan fingerprint density at radius 3 is 2.88 bits per heavy atom. The number of halogens is 1. The van der Waals surface area contributed by atoms with Gasteiger partial charge in [-0.25, -0.2) is 4.79 Å². The molecule has 2 N–H and O–H groups in total. The molecule has 3 nitrogen and oxygen atoms in total. The molecular formula is C12H11ClN2O. The minimum absolute atomic E-state index is 0.250. The molecule has 0 saturated carbocycles. The van der Waals surface area contributed by atoms with Crippen LogP contribution in [0.25, 0.3) is 0 Å². The fraction of sp³-hybridized carbons (Fsp3) is 0.250. The van der Waals surface area contributed by atoms with Gasteiger partial charge in [-0.3, -0.25) is 0 Å². The molecule has 82 valence electrons. The molecule has 0 aromatic heterocycles. The molecule has 0 saturated heterocycles. The zero-order valence-electron chi connectivity index (χ0n) is 9.02. The minimum Gasteiger partial charge on any atom is -0.318 e. The quantitative estimate of drug-likeness (QED) is 0.666. The number of nitrogens with one attached hydrogen (secondary N) is 2. The molecule has 1 heterocycles. The second-order valence-electron chi connectivity index (χ2n) is 3.77. The second-order valence-corrected chi connectivity index (χ2v) is 4.21. The zero-order chi connectivity index (χ0) is 11.8. The summed E-state index contributed by atoms with van der Waals surface area (Å²) in [5, 5.41) is 6.14. The van der Waals surface area contributed by atoms with Crippen LogP contribution in [0.1, 0.15) is 19.4 Å². The summed E-state index contributed by atoms with van der Waals surface area (Å²) in [6.07, 6.45) is 0. The number of hydrogen-bond donors (Lipinski definition) is 2. The van der Waals surface area contributed by atoms with E-state index in [1.807, 2.05) is 13.0 Å². The molecule has 0 fully saturated rings. The van der Waals surface area contributed by atoms with Crippen LogP contribution in [-0.4, -0.2) is 6.03 Å². The predicted molar refractivity (Wildman–Crippen MR) is 64.4 cm³/mol. The summed E-state index contributed by atoms with van der Waals surface area (Å²) in [5.41, 5.74) is 0.949. The first-order valence-electron chi connectivity index (χ1n) is 4.88. The molecule has 1 aliphatic rings. The van der Waals surface area contributed by atoms with Crippen LogP contribution in [0.2, 0.25) is 5.02 Å². The number of anilines is 1. The van der Waals surface area contributed by atoms with Crippen molar-refractivity contribution in [3.63, 3.8) is 0 Å². The van der Waals surface area contributed by atoms with Gasteiger partial charge in [0.15, 0.2) is 0 Å². The third kappa shape index (κ3) is 1.72. The Labute approximate surface area is 99.2 Å². The van der Waals surface area contributed by atoms with Crippen molar-refractivity contribution in [2.75, 3.05) is 5.32 Å². The monoisotopic (exact) mass is 234 g/mol. The topological polar surface area (TPSA) is 41.1 Å². The first-order valence-corrected chi connectivity index (χ1v) is 5.26. The standard InChI is InChI=1S/C12H11ClN2O/c1-3-6-12(2)9-7-8(13)4-5-10(9)14-11(16)15-12/h4-5,7H,1-2H3,(H2,14,15,16). The molecule has 1 unspecified atom stereocenters. The van der Waals surface area contributed by atoms with Gasteiger partial charge in [0.25, 0.3) is 0 Å². The molecule has 16 heavy (non-hydrogen) atoms. The number of hydrogen-bond acceptors (Lipinski definition) is 1. The summed E-state index contributed by atoms with van der Waals surface area (Å²) in [6, 6.07) is 5.09. The van der Waals surface area contributed by atoms with E-state index in [1.54, 1.807) is 19.1 Å². The third-order valence-electron chi connectivity index (χ3n) is 2.51. The summed E-state index contributed by atoms with van der Waals surface area (Å²) >= 11 is 5.95. The second kappa shape index (κ2) is 3.73. The average Bonchev–Trinajstić information content (AvgIpc) is 2.19. The number of urea groups is 1. The van der Waals surface area contributed by atoms with Crippen LogP contribution in [0.4, 0.5) is 10.5 Å². The highest BCUT2D eigenvalue weighted by atomic mass is 35.5. The molecule has 0 aliphatic carbocycles. The lowest BCUT2D eigenvalue weighted by Gasteiger charge is -2.32. The van der Waals surface area contributed by atoms with E-state index in [1.165, 1.54) is 0 Å². The Bertz CT molecular complexity index is 515. The fourth-order valence-corrected chi connectivity index (χ4v) is 2.01. The van der Waals surface area contributed by atoms with Crippen molar-refractivity contribution in [2.24, 2.45) is 0 Å². The Balaban J connectivity index is 2.63. The smallest absolute Gasteiger partial charge is 0.318 e. The molecule has 2 rings (SSSR count). The maximum Gasteiger partial charge on any atom is 0.320 e. The first-order chi connectivity index (χ1) is 7.55. The van der Waals surface area contributed by atoms with Crippen molar-refractivity contribution in [1.82, 2.24) is 5.32 Å². The molecular weight excluding hydrogens is 224 g/mol. The van der Waals surface area contributed by atoms with Gasteiger partial charge in [0.1, 0.15) is 5.54 Å². The molecule has 0 spiro atoms. The van der Waals surface area contributed by atoms with E-state index in [0.29, 0.717) is 5.02 Å². The molecule has 0 radical (unpaired) electrons. The largest absolute Gasteiger partial charge is 0.320 e. The lowest BCUT2D eigenvalue weighted by atomic mass is 9.89. The molecule has 1 atom stereocenters. The highest BCUT2D eigenvalue weighted by Crippen LogP contribution is 2.33. The normalized spacial score (nSPS) is 22.3. The zero-order valence-corrected chi connectivity index (χ0v) is 9.77. The SMILES string of the molecule is CC#CC1(C)NC(=O)Nc2ccc(Cl)cc21. The van der Waals surface area contributed by atoms with E-state index in [-0.39, 0.29) is 6.03 Å². The van der Waals surface area contributed by atoms with Crippen molar-refractivity contribution < 1.29 is 4.79 Å². The molecule has 2 amide bonds. The third-order valence-corrected chi connectivity index (χ3v) is 2.74. The summed E-state index contributed by atoms with van der Waals surface area (Å²) in [7, 11) is 0. The first kappa shape index (κ1) is 10.8. The average molecular weight is 235 g/mol. The number of benzene rings is 1. The van der Waals surface area contributed by atoms with Gasteiger partial charge in [-0.1, -0.05) is 17.5 Å². The number of carbonyl (C=O) groups is 1. The highest BCUT2D eigenvalue weighted by Gasteiger charge is 2.33. The fourth-order valence-electron chi connectivity index (χ4n) is 1.84. The predicted octanol–water partition coefficient (Wildman–Crippen LogP) is 2.71. The van der Waals surface area contributed by atoms with Gasteiger partial charge < -0.3 is 10.6 Å². The van der Waals surface area contributed by atoms with Crippen LogP contribution in [0.3, 0.4) is 0 Å². The van der Waals surface area contributed by atoms with Crippen LogP contribution >= 0.6 is 11.6 Å². The van der Waals surface area contributed by atoms with E-state index < -0.39 is 5.54 Å². The van der Waals surface area contributed by atoms with E-state index >= 15 is 0 Å². The Hall–Kier alpha value is -1.66. The highest BCUT2D eigenvalue weighted by molar-refractivity contribution is 6.30. The van der Waals surface area contributed by atoms with Crippen LogP contribution in [0.15, 0.2) is 18.2 Å². The Morgan fingerprint density at radius 1 is 1.44 bits per heavy atom. The van der Waals surface area contributed by atoms with Gasteiger partial charge in [0.05, 0.1) is 0 Å². The molecule has 1 aliphatic heterocycles. The van der Waals surface area contributed by atoms with E-state index in [0.717, 1.165) is 11.3 Å². The molecule has 1 aromatic rings. The number of rotatable bonds is 0. The van der Waals surface area contributed by atoms with Crippen LogP contribution in [0.5, 0.6) is 0 Å². The molecule has 0 bridgehead atoms. The van der Waals surface area contributed by atoms with Crippen molar-refractivity contribution >= 4 is 23.3 Å². The van der Waals surface area contributed by atoms with E-state index in [2.05, 4.69) is 22.5 Å². The number of carbonyl (C=O) groups excluding carboxylic acids is 1. The molecule has 4 heteroatoms. The van der Waals surface area contributed by atoms with Crippen molar-refractivity contribution in [3.05, 3.63) is 28.8 Å².